The van der Waals surface area contributed by atoms with Gasteiger partial charge in [0.1, 0.15) is 0 Å². The summed E-state index contributed by atoms with van der Waals surface area (Å²) in [4.78, 5) is 9.32. The van der Waals surface area contributed by atoms with Crippen LogP contribution in [0, 0.1) is 13.8 Å². The van der Waals surface area contributed by atoms with Crippen LogP contribution in [-0.2, 0) is 6.42 Å². The molecule has 0 amide bonds. The van der Waals surface area contributed by atoms with Gasteiger partial charge in [-0.2, -0.15) is 4.98 Å². The van der Waals surface area contributed by atoms with Crippen molar-refractivity contribution < 1.29 is 14.0 Å². The van der Waals surface area contributed by atoms with Gasteiger partial charge in [0, 0.05) is 40.3 Å². The summed E-state index contributed by atoms with van der Waals surface area (Å²) in [6, 6.07) is 18.4. The third kappa shape index (κ3) is 3.69. The number of pyridine rings is 1. The van der Waals surface area contributed by atoms with Gasteiger partial charge in [0.05, 0.1) is 25.5 Å². The predicted octanol–water partition coefficient (Wildman–Crippen LogP) is 6.69. The lowest BCUT2D eigenvalue weighted by molar-refractivity contribution is 0.354. The van der Waals surface area contributed by atoms with Gasteiger partial charge in [-0.15, -0.1) is 0 Å². The molecule has 0 spiro atoms. The maximum Gasteiger partial charge on any atom is 0.261 e. The number of nitrogens with zero attached hydrogens (tertiary/aromatic N) is 4. The summed E-state index contributed by atoms with van der Waals surface area (Å²) in [6.45, 7) is 6.41. The minimum absolute atomic E-state index is 0.215. The van der Waals surface area contributed by atoms with Gasteiger partial charge in [-0.3, -0.25) is 4.98 Å². The van der Waals surface area contributed by atoms with E-state index in [1.54, 1.807) is 14.2 Å². The van der Waals surface area contributed by atoms with Crippen molar-refractivity contribution in [1.29, 1.82) is 0 Å². The molecule has 0 radical (unpaired) electrons. The van der Waals surface area contributed by atoms with Gasteiger partial charge in [0.2, 0.25) is 5.82 Å². The molecule has 37 heavy (non-hydrogen) atoms. The maximum atomic E-state index is 5.98. The first kappa shape index (κ1) is 23.0. The lowest BCUT2D eigenvalue weighted by Crippen LogP contribution is -2.17. The molecule has 1 unspecified atom stereocenters. The highest BCUT2D eigenvalue weighted by Crippen LogP contribution is 2.51. The largest absolute Gasteiger partial charge is 0.493 e. The second kappa shape index (κ2) is 8.92. The Labute approximate surface area is 215 Å². The Morgan fingerprint density at radius 3 is 2.41 bits per heavy atom. The van der Waals surface area contributed by atoms with E-state index in [2.05, 4.69) is 46.8 Å². The second-order valence-electron chi connectivity index (χ2n) is 9.45. The molecular formula is C30H28N4O3. The summed E-state index contributed by atoms with van der Waals surface area (Å²) < 4.78 is 19.7. The van der Waals surface area contributed by atoms with E-state index in [4.69, 9.17) is 19.0 Å². The Kier molecular flexibility index (Phi) is 5.56. The molecule has 7 nitrogen and oxygen atoms in total. The molecule has 1 atom stereocenters. The third-order valence-electron chi connectivity index (χ3n) is 7.13. The highest BCUT2D eigenvalue weighted by molar-refractivity contribution is 5.95. The smallest absolute Gasteiger partial charge is 0.261 e. The van der Waals surface area contributed by atoms with E-state index in [1.807, 2.05) is 49.5 Å². The average Bonchev–Trinajstić information content (AvgIpc) is 3.52. The molecule has 6 rings (SSSR count). The summed E-state index contributed by atoms with van der Waals surface area (Å²) >= 11 is 0. The molecule has 0 aliphatic carbocycles. The first-order valence-corrected chi connectivity index (χ1v) is 12.3. The van der Waals surface area contributed by atoms with Crippen LogP contribution >= 0.6 is 0 Å². The van der Waals surface area contributed by atoms with Crippen LogP contribution in [0.5, 0.6) is 11.5 Å². The summed E-state index contributed by atoms with van der Waals surface area (Å²) in [6.07, 6.45) is 2.71. The summed E-state index contributed by atoms with van der Waals surface area (Å²) in [7, 11) is 3.33. The molecule has 4 heterocycles. The molecule has 2 aromatic carbocycles. The van der Waals surface area contributed by atoms with Crippen LogP contribution in [0.4, 0.5) is 0 Å². The highest BCUT2D eigenvalue weighted by atomic mass is 16.5. The average molecular weight is 493 g/mol. The van der Waals surface area contributed by atoms with Crippen LogP contribution in [0.2, 0.25) is 0 Å². The van der Waals surface area contributed by atoms with Crippen LogP contribution in [0.25, 0.3) is 45.2 Å². The fourth-order valence-electron chi connectivity index (χ4n) is 5.54. The molecule has 3 aromatic heterocycles. The van der Waals surface area contributed by atoms with Crippen molar-refractivity contribution in [3.63, 3.8) is 0 Å². The topological polar surface area (TPSA) is 75.2 Å². The number of hydrogen-bond donors (Lipinski definition) is 0. The van der Waals surface area contributed by atoms with Crippen molar-refractivity contribution >= 4 is 0 Å². The van der Waals surface area contributed by atoms with E-state index in [1.165, 1.54) is 5.56 Å². The maximum absolute atomic E-state index is 5.98. The molecule has 186 valence electrons. The number of methoxy groups -OCH3 is 2. The normalized spacial score (nSPS) is 14.2. The Bertz CT molecular complexity index is 1620. The number of benzene rings is 2. The standard InChI is InChI=1S/C30H28N4O3/c1-17-13-21(11-12-31-17)26-19(3)34-18(2)14-22-15-24(35-4)25(36-5)16-23(22)28(34)27(26)30-32-29(33-37-30)20-9-7-6-8-10-20/h6-13,15-16,18H,14H2,1-5H3. The van der Waals surface area contributed by atoms with Crippen molar-refractivity contribution in [3.05, 3.63) is 77.7 Å². The molecule has 1 aliphatic heterocycles. The van der Waals surface area contributed by atoms with Gasteiger partial charge < -0.3 is 18.6 Å². The zero-order valence-electron chi connectivity index (χ0n) is 21.6. The van der Waals surface area contributed by atoms with Crippen LogP contribution in [-0.4, -0.2) is 33.9 Å². The van der Waals surface area contributed by atoms with Crippen LogP contribution in [0.1, 0.15) is 29.9 Å². The van der Waals surface area contributed by atoms with Gasteiger partial charge in [0.25, 0.3) is 5.89 Å². The van der Waals surface area contributed by atoms with Gasteiger partial charge in [-0.05, 0) is 62.6 Å². The Balaban J connectivity index is 1.68. The highest BCUT2D eigenvalue weighted by Gasteiger charge is 2.34. The van der Waals surface area contributed by atoms with E-state index in [9.17, 15) is 0 Å². The molecule has 0 N–H and O–H groups in total. The number of rotatable bonds is 5. The number of hydrogen-bond acceptors (Lipinski definition) is 6. The van der Waals surface area contributed by atoms with E-state index in [-0.39, 0.29) is 6.04 Å². The Hall–Kier alpha value is -4.39. The molecule has 1 aliphatic rings. The van der Waals surface area contributed by atoms with Gasteiger partial charge in [-0.25, -0.2) is 0 Å². The van der Waals surface area contributed by atoms with E-state index >= 15 is 0 Å². The first-order valence-electron chi connectivity index (χ1n) is 12.3. The minimum atomic E-state index is 0.215. The molecule has 0 saturated carbocycles. The van der Waals surface area contributed by atoms with Crippen molar-refractivity contribution in [3.8, 4) is 56.7 Å². The van der Waals surface area contributed by atoms with Gasteiger partial charge in [0.15, 0.2) is 11.5 Å². The lowest BCUT2D eigenvalue weighted by Gasteiger charge is -2.28. The molecule has 0 bridgehead atoms. The number of ether oxygens (including phenoxy) is 2. The number of aryl methyl sites for hydroxylation is 1. The van der Waals surface area contributed by atoms with Crippen LogP contribution < -0.4 is 9.47 Å². The molecule has 5 aromatic rings. The van der Waals surface area contributed by atoms with Gasteiger partial charge in [-0.1, -0.05) is 35.5 Å². The summed E-state index contributed by atoms with van der Waals surface area (Å²) in [5.41, 5.74) is 9.35. The van der Waals surface area contributed by atoms with Crippen LogP contribution in [0.15, 0.2) is 65.3 Å². The SMILES string of the molecule is COc1cc2c(cc1OC)-c1c(-c3nc(-c4ccccc4)no3)c(-c3ccnc(C)c3)c(C)n1C(C)C2. The fraction of sp³-hybridized carbons (Fsp3) is 0.233. The van der Waals surface area contributed by atoms with Gasteiger partial charge >= 0.3 is 0 Å². The van der Waals surface area contributed by atoms with Crippen molar-refractivity contribution in [2.75, 3.05) is 14.2 Å². The molecule has 7 heteroatoms. The lowest BCUT2D eigenvalue weighted by atomic mass is 9.91. The third-order valence-corrected chi connectivity index (χ3v) is 7.13. The second-order valence-corrected chi connectivity index (χ2v) is 9.45. The molecule has 0 fully saturated rings. The number of aromatic nitrogens is 4. The fourth-order valence-corrected chi connectivity index (χ4v) is 5.54. The first-order chi connectivity index (χ1) is 18.0. The molecular weight excluding hydrogens is 464 g/mol. The van der Waals surface area contributed by atoms with Crippen molar-refractivity contribution in [1.82, 2.24) is 19.7 Å². The number of fused-ring (bicyclic) bond motifs is 3. The quantitative estimate of drug-likeness (QED) is 0.272. The zero-order valence-corrected chi connectivity index (χ0v) is 21.6. The van der Waals surface area contributed by atoms with Crippen LogP contribution in [0.3, 0.4) is 0 Å². The van der Waals surface area contributed by atoms with Crippen molar-refractivity contribution in [2.45, 2.75) is 33.2 Å². The monoisotopic (exact) mass is 492 g/mol. The Morgan fingerprint density at radius 1 is 0.919 bits per heavy atom. The van der Waals surface area contributed by atoms with E-state index < -0.39 is 0 Å². The zero-order chi connectivity index (χ0) is 25.7. The van der Waals surface area contributed by atoms with E-state index in [0.29, 0.717) is 17.5 Å². The predicted molar refractivity (Wildman–Crippen MR) is 143 cm³/mol. The Morgan fingerprint density at radius 2 is 1.68 bits per heavy atom. The minimum Gasteiger partial charge on any atom is -0.493 e. The summed E-state index contributed by atoms with van der Waals surface area (Å²) in [5.74, 6) is 2.45. The summed E-state index contributed by atoms with van der Waals surface area (Å²) in [5, 5.41) is 4.36. The molecule has 0 saturated heterocycles. The van der Waals surface area contributed by atoms with Crippen molar-refractivity contribution in [2.24, 2.45) is 0 Å². The van der Waals surface area contributed by atoms with E-state index in [0.717, 1.165) is 57.1 Å².